The summed E-state index contributed by atoms with van der Waals surface area (Å²) in [5, 5.41) is 4.09. The van der Waals surface area contributed by atoms with Crippen LogP contribution in [0.5, 0.6) is 0 Å². The number of rotatable bonds is 5. The van der Waals surface area contributed by atoms with E-state index in [0.29, 0.717) is 5.75 Å². The van der Waals surface area contributed by atoms with Gasteiger partial charge in [-0.3, -0.25) is 4.79 Å². The lowest BCUT2D eigenvalue weighted by molar-refractivity contribution is -0.128. The average Bonchev–Trinajstić information content (AvgIpc) is 3.00. The summed E-state index contributed by atoms with van der Waals surface area (Å²) in [5.41, 5.74) is 2.06. The van der Waals surface area contributed by atoms with Crippen LogP contribution >= 0.6 is 11.8 Å². The molecule has 1 unspecified atom stereocenters. The third-order valence-electron chi connectivity index (χ3n) is 3.30. The van der Waals surface area contributed by atoms with Crippen LogP contribution in [0.4, 0.5) is 0 Å². The number of hydrogen-bond donors (Lipinski definition) is 0. The molecule has 0 aliphatic carbocycles. The lowest BCUT2D eigenvalue weighted by Gasteiger charge is -2.25. The highest BCUT2D eigenvalue weighted by Crippen LogP contribution is 2.20. The summed E-state index contributed by atoms with van der Waals surface area (Å²) >= 11 is 1.54. The maximum absolute atomic E-state index is 11.9. The lowest BCUT2D eigenvalue weighted by Crippen LogP contribution is -2.31. The molecule has 0 saturated carbocycles. The smallest absolute Gasteiger partial charge is 0.232 e. The summed E-state index contributed by atoms with van der Waals surface area (Å²) in [4.78, 5) is 17.6. The zero-order valence-electron chi connectivity index (χ0n) is 11.9. The maximum Gasteiger partial charge on any atom is 0.232 e. The van der Waals surface area contributed by atoms with Crippen molar-refractivity contribution in [2.45, 2.75) is 13.0 Å². The minimum atomic E-state index is 0.0550. The van der Waals surface area contributed by atoms with Crippen molar-refractivity contribution in [3.8, 4) is 5.69 Å². The highest BCUT2D eigenvalue weighted by Gasteiger charge is 2.16. The van der Waals surface area contributed by atoms with Crippen molar-refractivity contribution in [1.82, 2.24) is 19.7 Å². The Balaban J connectivity index is 2.11. The third kappa shape index (κ3) is 3.19. The second-order valence-corrected chi connectivity index (χ2v) is 5.41. The van der Waals surface area contributed by atoms with Crippen LogP contribution in [0.25, 0.3) is 5.69 Å². The summed E-state index contributed by atoms with van der Waals surface area (Å²) in [5.74, 6) is 0.656. The SMILES string of the molecule is CSCC(=O)N(C)C(C)c1ccc(-n2cncn2)cc1. The van der Waals surface area contributed by atoms with Crippen LogP contribution in [0.1, 0.15) is 18.5 Å². The predicted octanol–water partition coefficient (Wildman–Crippen LogP) is 2.15. The highest BCUT2D eigenvalue weighted by atomic mass is 32.2. The molecule has 0 fully saturated rings. The van der Waals surface area contributed by atoms with Gasteiger partial charge in [-0.1, -0.05) is 12.1 Å². The Bertz CT molecular complexity index is 553. The molecule has 2 rings (SSSR count). The molecule has 0 N–H and O–H groups in total. The minimum absolute atomic E-state index is 0.0550. The van der Waals surface area contributed by atoms with Gasteiger partial charge in [-0.2, -0.15) is 16.9 Å². The van der Waals surface area contributed by atoms with E-state index in [1.54, 1.807) is 27.7 Å². The van der Waals surface area contributed by atoms with Gasteiger partial charge < -0.3 is 4.90 Å². The average molecular weight is 290 g/mol. The molecule has 0 radical (unpaired) electrons. The molecule has 106 valence electrons. The van der Waals surface area contributed by atoms with E-state index in [1.165, 1.54) is 6.33 Å². The topological polar surface area (TPSA) is 51.0 Å². The first-order valence-electron chi connectivity index (χ1n) is 6.33. The lowest BCUT2D eigenvalue weighted by atomic mass is 10.1. The number of carbonyl (C=O) groups is 1. The van der Waals surface area contributed by atoms with Gasteiger partial charge >= 0.3 is 0 Å². The van der Waals surface area contributed by atoms with Gasteiger partial charge in [-0.15, -0.1) is 0 Å². The molecule has 1 aromatic heterocycles. The Kier molecular flexibility index (Phi) is 4.79. The summed E-state index contributed by atoms with van der Waals surface area (Å²) in [6.45, 7) is 2.03. The first-order chi connectivity index (χ1) is 9.63. The van der Waals surface area contributed by atoms with Crippen molar-refractivity contribution in [2.75, 3.05) is 19.1 Å². The van der Waals surface area contributed by atoms with E-state index >= 15 is 0 Å². The van der Waals surface area contributed by atoms with Gasteiger partial charge in [-0.05, 0) is 30.9 Å². The van der Waals surface area contributed by atoms with Crippen LogP contribution in [-0.2, 0) is 4.79 Å². The quantitative estimate of drug-likeness (QED) is 0.846. The van der Waals surface area contributed by atoms with Crippen LogP contribution < -0.4 is 0 Å². The molecular weight excluding hydrogens is 272 g/mol. The summed E-state index contributed by atoms with van der Waals surface area (Å²) in [6.07, 6.45) is 5.10. The Morgan fingerprint density at radius 3 is 2.65 bits per heavy atom. The fraction of sp³-hybridized carbons (Fsp3) is 0.357. The number of nitrogens with zero attached hydrogens (tertiary/aromatic N) is 4. The summed E-state index contributed by atoms with van der Waals surface area (Å²) in [6, 6.07) is 8.05. The number of hydrogen-bond acceptors (Lipinski definition) is 4. The molecule has 0 saturated heterocycles. The van der Waals surface area contributed by atoms with E-state index in [2.05, 4.69) is 10.1 Å². The van der Waals surface area contributed by atoms with Gasteiger partial charge in [0, 0.05) is 7.05 Å². The normalized spacial score (nSPS) is 12.2. The van der Waals surface area contributed by atoms with Crippen molar-refractivity contribution in [3.05, 3.63) is 42.5 Å². The predicted molar refractivity (Wildman–Crippen MR) is 80.9 cm³/mol. The Labute approximate surface area is 123 Å². The minimum Gasteiger partial charge on any atom is -0.338 e. The third-order valence-corrected chi connectivity index (χ3v) is 3.84. The molecule has 6 heteroatoms. The second kappa shape index (κ2) is 6.56. The van der Waals surface area contributed by atoms with Gasteiger partial charge in [0.05, 0.1) is 17.5 Å². The van der Waals surface area contributed by atoms with Crippen molar-refractivity contribution in [2.24, 2.45) is 0 Å². The Morgan fingerprint density at radius 2 is 2.10 bits per heavy atom. The van der Waals surface area contributed by atoms with Crippen molar-refractivity contribution >= 4 is 17.7 Å². The highest BCUT2D eigenvalue weighted by molar-refractivity contribution is 7.99. The van der Waals surface area contributed by atoms with E-state index in [0.717, 1.165) is 11.3 Å². The second-order valence-electron chi connectivity index (χ2n) is 4.55. The number of amides is 1. The first kappa shape index (κ1) is 14.6. The van der Waals surface area contributed by atoms with Gasteiger partial charge in [0.1, 0.15) is 12.7 Å². The summed E-state index contributed by atoms with van der Waals surface area (Å²) in [7, 11) is 1.84. The molecule has 1 heterocycles. The largest absolute Gasteiger partial charge is 0.338 e. The van der Waals surface area contributed by atoms with E-state index in [-0.39, 0.29) is 11.9 Å². The van der Waals surface area contributed by atoms with E-state index in [1.807, 2.05) is 44.5 Å². The Hall–Kier alpha value is -1.82. The number of benzene rings is 1. The number of carbonyl (C=O) groups excluding carboxylic acids is 1. The van der Waals surface area contributed by atoms with Gasteiger partial charge in [0.15, 0.2) is 0 Å². The molecule has 5 nitrogen and oxygen atoms in total. The molecule has 2 aromatic rings. The first-order valence-corrected chi connectivity index (χ1v) is 7.72. The van der Waals surface area contributed by atoms with Gasteiger partial charge in [-0.25, -0.2) is 9.67 Å². The molecule has 1 aromatic carbocycles. The van der Waals surface area contributed by atoms with Gasteiger partial charge in [0.25, 0.3) is 0 Å². The van der Waals surface area contributed by atoms with E-state index < -0.39 is 0 Å². The molecule has 1 atom stereocenters. The molecule has 0 aliphatic heterocycles. The fourth-order valence-corrected chi connectivity index (χ4v) is 2.36. The standard InChI is InChI=1S/C14H18N4OS/c1-11(17(2)14(19)8-20-3)12-4-6-13(7-5-12)18-10-15-9-16-18/h4-7,9-11H,8H2,1-3H3. The zero-order chi connectivity index (χ0) is 14.5. The van der Waals surface area contributed by atoms with Crippen LogP contribution in [-0.4, -0.2) is 44.6 Å². The van der Waals surface area contributed by atoms with Crippen LogP contribution in [0.2, 0.25) is 0 Å². The number of aromatic nitrogens is 3. The molecule has 20 heavy (non-hydrogen) atoms. The monoisotopic (exact) mass is 290 g/mol. The van der Waals surface area contributed by atoms with Crippen molar-refractivity contribution in [1.29, 1.82) is 0 Å². The molecule has 0 aliphatic rings. The Morgan fingerprint density at radius 1 is 1.40 bits per heavy atom. The molecule has 1 amide bonds. The van der Waals surface area contributed by atoms with Gasteiger partial charge in [0.2, 0.25) is 5.91 Å². The molecular formula is C14H18N4OS. The van der Waals surface area contributed by atoms with Crippen molar-refractivity contribution < 1.29 is 4.79 Å². The molecule has 0 bridgehead atoms. The van der Waals surface area contributed by atoms with Crippen LogP contribution in [0, 0.1) is 0 Å². The van der Waals surface area contributed by atoms with Crippen molar-refractivity contribution in [3.63, 3.8) is 0 Å². The van der Waals surface area contributed by atoms with Crippen LogP contribution in [0.15, 0.2) is 36.9 Å². The molecule has 0 spiro atoms. The number of thioether (sulfide) groups is 1. The van der Waals surface area contributed by atoms with Crippen LogP contribution in [0.3, 0.4) is 0 Å². The zero-order valence-corrected chi connectivity index (χ0v) is 12.7. The van der Waals surface area contributed by atoms with E-state index in [9.17, 15) is 4.79 Å². The van der Waals surface area contributed by atoms with E-state index in [4.69, 9.17) is 0 Å². The fourth-order valence-electron chi connectivity index (χ4n) is 1.91. The summed E-state index contributed by atoms with van der Waals surface area (Å²) < 4.78 is 1.71. The maximum atomic E-state index is 11.9.